The van der Waals surface area contributed by atoms with Crippen LogP contribution in [0.2, 0.25) is 0 Å². The van der Waals surface area contributed by atoms with Crippen LogP contribution in [0.1, 0.15) is 13.3 Å². The van der Waals surface area contributed by atoms with Gasteiger partial charge in [0.1, 0.15) is 5.82 Å². The summed E-state index contributed by atoms with van der Waals surface area (Å²) in [5, 5.41) is 0. The average molecular weight is 329 g/mol. The normalized spacial score (nSPS) is 11.7. The summed E-state index contributed by atoms with van der Waals surface area (Å²) in [5.74, 6) is 0.969. The van der Waals surface area contributed by atoms with E-state index < -0.39 is 10.0 Å². The van der Waals surface area contributed by atoms with E-state index in [9.17, 15) is 8.42 Å². The van der Waals surface area contributed by atoms with E-state index in [0.29, 0.717) is 12.1 Å². The Kier molecular flexibility index (Phi) is 4.09. The Morgan fingerprint density at radius 3 is 2.57 bits per heavy atom. The molecular formula is C17H19N3O2S. The first-order valence-electron chi connectivity index (χ1n) is 7.52. The quantitative estimate of drug-likeness (QED) is 0.780. The Morgan fingerprint density at radius 1 is 1.13 bits per heavy atom. The van der Waals surface area contributed by atoms with E-state index in [1.165, 1.54) is 0 Å². The zero-order chi connectivity index (χ0) is 16.4. The maximum absolute atomic E-state index is 11.9. The monoisotopic (exact) mass is 329 g/mol. The fraction of sp³-hybridized carbons (Fsp3) is 0.235. The highest BCUT2D eigenvalue weighted by molar-refractivity contribution is 7.92. The van der Waals surface area contributed by atoms with Crippen LogP contribution in [0.4, 0.5) is 5.69 Å². The third-order valence-corrected chi connectivity index (χ3v) is 5.15. The summed E-state index contributed by atoms with van der Waals surface area (Å²) >= 11 is 0. The van der Waals surface area contributed by atoms with Gasteiger partial charge in [0.05, 0.1) is 22.5 Å². The smallest absolute Gasteiger partial charge is 0.232 e. The predicted molar refractivity (Wildman–Crippen MR) is 93.9 cm³/mol. The minimum atomic E-state index is -3.29. The molecule has 0 spiro atoms. The van der Waals surface area contributed by atoms with E-state index in [1.54, 1.807) is 12.1 Å². The molecule has 0 unspecified atom stereocenters. The van der Waals surface area contributed by atoms with E-state index in [1.807, 2.05) is 54.9 Å². The number of benzene rings is 2. The average Bonchev–Trinajstić information content (AvgIpc) is 2.84. The fourth-order valence-corrected chi connectivity index (χ4v) is 3.73. The summed E-state index contributed by atoms with van der Waals surface area (Å²) in [6.45, 7) is 1.84. The standard InChI is InChI=1S/C17H19N3O2S/c1-3-11-23(21,22)19-14-9-10-16-15(12-14)18-17(20(16)2)13-7-5-4-6-8-13/h4-10,12,19H,3,11H2,1-2H3. The lowest BCUT2D eigenvalue weighted by Crippen LogP contribution is -2.15. The first-order valence-corrected chi connectivity index (χ1v) is 9.18. The van der Waals surface area contributed by atoms with Crippen molar-refractivity contribution in [2.45, 2.75) is 13.3 Å². The molecule has 0 fully saturated rings. The van der Waals surface area contributed by atoms with Crippen molar-refractivity contribution < 1.29 is 8.42 Å². The SMILES string of the molecule is CCCS(=O)(=O)Nc1ccc2c(c1)nc(-c1ccccc1)n2C. The van der Waals surface area contributed by atoms with E-state index in [-0.39, 0.29) is 5.75 Å². The van der Waals surface area contributed by atoms with Crippen LogP contribution in [-0.2, 0) is 17.1 Å². The van der Waals surface area contributed by atoms with Gasteiger partial charge in [-0.2, -0.15) is 0 Å². The summed E-state index contributed by atoms with van der Waals surface area (Å²) in [7, 11) is -1.34. The number of hydrogen-bond acceptors (Lipinski definition) is 3. The van der Waals surface area contributed by atoms with Gasteiger partial charge in [-0.05, 0) is 24.6 Å². The molecule has 0 aliphatic rings. The van der Waals surface area contributed by atoms with Crippen LogP contribution in [0, 0.1) is 0 Å². The molecule has 0 saturated heterocycles. The number of sulfonamides is 1. The molecule has 0 aliphatic carbocycles. The zero-order valence-electron chi connectivity index (χ0n) is 13.2. The molecule has 0 saturated carbocycles. The number of imidazole rings is 1. The van der Waals surface area contributed by atoms with Crippen molar-refractivity contribution in [1.82, 2.24) is 9.55 Å². The lowest BCUT2D eigenvalue weighted by molar-refractivity contribution is 0.600. The lowest BCUT2D eigenvalue weighted by Gasteiger charge is -2.06. The lowest BCUT2D eigenvalue weighted by atomic mass is 10.2. The van der Waals surface area contributed by atoms with Gasteiger partial charge in [0.25, 0.3) is 0 Å². The summed E-state index contributed by atoms with van der Waals surface area (Å²) in [4.78, 5) is 4.65. The number of nitrogens with one attached hydrogen (secondary N) is 1. The second-order valence-corrected chi connectivity index (χ2v) is 7.33. The van der Waals surface area contributed by atoms with Gasteiger partial charge in [-0.15, -0.1) is 0 Å². The molecule has 0 radical (unpaired) electrons. The van der Waals surface area contributed by atoms with Gasteiger partial charge >= 0.3 is 0 Å². The third kappa shape index (κ3) is 3.22. The van der Waals surface area contributed by atoms with Gasteiger partial charge < -0.3 is 4.57 Å². The molecule has 0 amide bonds. The molecule has 1 aromatic heterocycles. The first-order chi connectivity index (χ1) is 11.0. The van der Waals surface area contributed by atoms with Gasteiger partial charge in [0.15, 0.2) is 0 Å². The predicted octanol–water partition coefficient (Wildman–Crippen LogP) is 3.39. The molecule has 0 aliphatic heterocycles. The molecule has 2 aromatic carbocycles. The Labute approximate surface area is 136 Å². The van der Waals surface area contributed by atoms with Crippen LogP contribution < -0.4 is 4.72 Å². The van der Waals surface area contributed by atoms with Crippen LogP contribution in [0.25, 0.3) is 22.4 Å². The van der Waals surface area contributed by atoms with Crippen LogP contribution >= 0.6 is 0 Å². The summed E-state index contributed by atoms with van der Waals surface area (Å²) in [5.41, 5.74) is 3.30. The molecule has 1 N–H and O–H groups in total. The molecule has 120 valence electrons. The maximum atomic E-state index is 11.9. The zero-order valence-corrected chi connectivity index (χ0v) is 14.0. The fourth-order valence-electron chi connectivity index (χ4n) is 2.61. The Balaban J connectivity index is 2.01. The maximum Gasteiger partial charge on any atom is 0.232 e. The second-order valence-electron chi connectivity index (χ2n) is 5.48. The van der Waals surface area contributed by atoms with Crippen LogP contribution in [0.15, 0.2) is 48.5 Å². The minimum absolute atomic E-state index is 0.114. The molecule has 6 heteroatoms. The van der Waals surface area contributed by atoms with Crippen LogP contribution in [-0.4, -0.2) is 23.7 Å². The second kappa shape index (κ2) is 6.04. The summed E-state index contributed by atoms with van der Waals surface area (Å²) in [6, 6.07) is 15.3. The Bertz CT molecular complexity index is 931. The number of nitrogens with zero attached hydrogens (tertiary/aromatic N) is 2. The topological polar surface area (TPSA) is 64.0 Å². The van der Waals surface area contributed by atoms with Gasteiger partial charge in [-0.25, -0.2) is 13.4 Å². The molecule has 0 atom stereocenters. The van der Waals surface area contributed by atoms with Crippen molar-refractivity contribution in [1.29, 1.82) is 0 Å². The van der Waals surface area contributed by atoms with Crippen LogP contribution in [0.3, 0.4) is 0 Å². The highest BCUT2D eigenvalue weighted by Gasteiger charge is 2.12. The highest BCUT2D eigenvalue weighted by Crippen LogP contribution is 2.25. The number of aromatic nitrogens is 2. The van der Waals surface area contributed by atoms with Gasteiger partial charge in [0.2, 0.25) is 10.0 Å². The summed E-state index contributed by atoms with van der Waals surface area (Å²) in [6.07, 6.45) is 0.583. The third-order valence-electron chi connectivity index (χ3n) is 3.66. The van der Waals surface area contributed by atoms with E-state index in [2.05, 4.69) is 9.71 Å². The molecule has 0 bridgehead atoms. The van der Waals surface area contributed by atoms with E-state index >= 15 is 0 Å². The van der Waals surface area contributed by atoms with Gasteiger partial charge in [0, 0.05) is 12.6 Å². The molecule has 5 nitrogen and oxygen atoms in total. The molecular weight excluding hydrogens is 310 g/mol. The molecule has 3 rings (SSSR count). The van der Waals surface area contributed by atoms with Crippen molar-refractivity contribution in [3.05, 3.63) is 48.5 Å². The van der Waals surface area contributed by atoms with Crippen molar-refractivity contribution in [2.75, 3.05) is 10.5 Å². The first kappa shape index (κ1) is 15.6. The molecule has 23 heavy (non-hydrogen) atoms. The Hall–Kier alpha value is -2.34. The van der Waals surface area contributed by atoms with E-state index in [4.69, 9.17) is 0 Å². The largest absolute Gasteiger partial charge is 0.327 e. The highest BCUT2D eigenvalue weighted by atomic mass is 32.2. The Morgan fingerprint density at radius 2 is 1.87 bits per heavy atom. The van der Waals surface area contributed by atoms with Crippen molar-refractivity contribution in [3.63, 3.8) is 0 Å². The minimum Gasteiger partial charge on any atom is -0.327 e. The van der Waals surface area contributed by atoms with Crippen molar-refractivity contribution >= 4 is 26.7 Å². The van der Waals surface area contributed by atoms with Gasteiger partial charge in [-0.3, -0.25) is 4.72 Å². The van der Waals surface area contributed by atoms with Crippen LogP contribution in [0.5, 0.6) is 0 Å². The number of fused-ring (bicyclic) bond motifs is 1. The summed E-state index contributed by atoms with van der Waals surface area (Å²) < 4.78 is 28.4. The molecule has 3 aromatic rings. The van der Waals surface area contributed by atoms with E-state index in [0.717, 1.165) is 22.4 Å². The van der Waals surface area contributed by atoms with Crippen molar-refractivity contribution in [3.8, 4) is 11.4 Å². The number of rotatable bonds is 5. The van der Waals surface area contributed by atoms with Gasteiger partial charge in [-0.1, -0.05) is 37.3 Å². The number of hydrogen-bond donors (Lipinski definition) is 1. The number of anilines is 1. The van der Waals surface area contributed by atoms with Crippen molar-refractivity contribution in [2.24, 2.45) is 7.05 Å². The number of aryl methyl sites for hydroxylation is 1. The molecule has 1 heterocycles.